The number of aryl methyl sites for hydroxylation is 1. The molecule has 1 aromatic heterocycles. The van der Waals surface area contributed by atoms with Gasteiger partial charge >= 0.3 is 0 Å². The molecular weight excluding hydrogens is 230 g/mol. The standard InChI is InChI=1S/C13H23N3O2/c1-3-8-14-11-4-6-12(7-5-11)17-9-13-10(2)15-18-16-13/h11-12,14H,3-9H2,1-2H3. The van der Waals surface area contributed by atoms with Crippen molar-refractivity contribution in [3.8, 4) is 0 Å². The van der Waals surface area contributed by atoms with Crippen LogP contribution in [0.1, 0.15) is 50.4 Å². The molecule has 0 spiro atoms. The molecule has 1 aromatic rings. The predicted molar refractivity (Wildman–Crippen MR) is 68.2 cm³/mol. The zero-order valence-corrected chi connectivity index (χ0v) is 11.3. The van der Waals surface area contributed by atoms with Gasteiger partial charge < -0.3 is 10.1 Å². The Balaban J connectivity index is 1.66. The summed E-state index contributed by atoms with van der Waals surface area (Å²) in [7, 11) is 0. The zero-order chi connectivity index (χ0) is 12.8. The smallest absolute Gasteiger partial charge is 0.133 e. The van der Waals surface area contributed by atoms with Gasteiger partial charge in [-0.15, -0.1) is 0 Å². The Morgan fingerprint density at radius 1 is 1.28 bits per heavy atom. The van der Waals surface area contributed by atoms with Crippen LogP contribution >= 0.6 is 0 Å². The van der Waals surface area contributed by atoms with Crippen LogP contribution in [0.2, 0.25) is 0 Å². The molecule has 0 saturated heterocycles. The van der Waals surface area contributed by atoms with Gasteiger partial charge in [0.1, 0.15) is 11.4 Å². The molecule has 1 heterocycles. The molecule has 1 fully saturated rings. The molecular formula is C13H23N3O2. The van der Waals surface area contributed by atoms with Crippen molar-refractivity contribution in [3.05, 3.63) is 11.4 Å². The maximum absolute atomic E-state index is 5.87. The van der Waals surface area contributed by atoms with Gasteiger partial charge in [0, 0.05) is 6.04 Å². The Labute approximate surface area is 108 Å². The van der Waals surface area contributed by atoms with E-state index in [4.69, 9.17) is 4.74 Å². The summed E-state index contributed by atoms with van der Waals surface area (Å²) in [6.45, 7) is 5.74. The lowest BCUT2D eigenvalue weighted by molar-refractivity contribution is 0.00857. The number of aromatic nitrogens is 2. The lowest BCUT2D eigenvalue weighted by atomic mass is 9.93. The van der Waals surface area contributed by atoms with Crippen LogP contribution in [-0.2, 0) is 11.3 Å². The monoisotopic (exact) mass is 253 g/mol. The van der Waals surface area contributed by atoms with E-state index in [0.29, 0.717) is 18.8 Å². The second-order valence-electron chi connectivity index (χ2n) is 5.04. The van der Waals surface area contributed by atoms with Crippen LogP contribution in [-0.4, -0.2) is 29.0 Å². The molecule has 0 amide bonds. The summed E-state index contributed by atoms with van der Waals surface area (Å²) in [6, 6.07) is 0.681. The van der Waals surface area contributed by atoms with Gasteiger partial charge in [-0.3, -0.25) is 0 Å². The molecule has 1 aliphatic rings. The van der Waals surface area contributed by atoms with Crippen LogP contribution in [0.15, 0.2) is 4.63 Å². The summed E-state index contributed by atoms with van der Waals surface area (Å²) in [4.78, 5) is 0. The zero-order valence-electron chi connectivity index (χ0n) is 11.3. The fourth-order valence-electron chi connectivity index (χ4n) is 2.36. The van der Waals surface area contributed by atoms with Crippen LogP contribution in [0.5, 0.6) is 0 Å². The molecule has 0 radical (unpaired) electrons. The molecule has 0 atom stereocenters. The summed E-state index contributed by atoms with van der Waals surface area (Å²) in [5, 5.41) is 11.2. The molecule has 1 aliphatic carbocycles. The SMILES string of the molecule is CCCNC1CCC(OCc2nonc2C)CC1. The molecule has 1 N–H and O–H groups in total. The van der Waals surface area contributed by atoms with Gasteiger partial charge in [0.2, 0.25) is 0 Å². The van der Waals surface area contributed by atoms with Gasteiger partial charge in [-0.25, -0.2) is 4.63 Å². The van der Waals surface area contributed by atoms with E-state index < -0.39 is 0 Å². The van der Waals surface area contributed by atoms with E-state index >= 15 is 0 Å². The summed E-state index contributed by atoms with van der Waals surface area (Å²) < 4.78 is 10.5. The molecule has 0 aliphatic heterocycles. The fraction of sp³-hybridized carbons (Fsp3) is 0.846. The normalized spacial score (nSPS) is 24.3. The Morgan fingerprint density at radius 3 is 2.67 bits per heavy atom. The summed E-state index contributed by atoms with van der Waals surface area (Å²) >= 11 is 0. The molecule has 0 bridgehead atoms. The first-order valence-electron chi connectivity index (χ1n) is 6.92. The van der Waals surface area contributed by atoms with Crippen molar-refractivity contribution in [3.63, 3.8) is 0 Å². The average molecular weight is 253 g/mol. The minimum Gasteiger partial charge on any atom is -0.372 e. The number of rotatable bonds is 6. The Kier molecular flexibility index (Phi) is 5.13. The molecule has 2 rings (SSSR count). The van der Waals surface area contributed by atoms with Gasteiger partial charge in [0.05, 0.1) is 12.7 Å². The Morgan fingerprint density at radius 2 is 2.06 bits per heavy atom. The van der Waals surface area contributed by atoms with Crippen LogP contribution in [0.4, 0.5) is 0 Å². The van der Waals surface area contributed by atoms with Crippen molar-refractivity contribution in [1.29, 1.82) is 0 Å². The Hall–Kier alpha value is -0.940. The molecule has 5 heteroatoms. The van der Waals surface area contributed by atoms with Crippen molar-refractivity contribution in [2.45, 2.75) is 64.7 Å². The van der Waals surface area contributed by atoms with Gasteiger partial charge in [0.25, 0.3) is 0 Å². The van der Waals surface area contributed by atoms with E-state index in [2.05, 4.69) is 27.2 Å². The molecule has 1 saturated carbocycles. The second kappa shape index (κ2) is 6.85. The first-order valence-corrected chi connectivity index (χ1v) is 6.92. The van der Waals surface area contributed by atoms with Crippen molar-refractivity contribution < 1.29 is 9.37 Å². The predicted octanol–water partition coefficient (Wildman–Crippen LogP) is 2.21. The maximum Gasteiger partial charge on any atom is 0.133 e. The highest BCUT2D eigenvalue weighted by Crippen LogP contribution is 2.22. The maximum atomic E-state index is 5.87. The molecule has 0 aromatic carbocycles. The third kappa shape index (κ3) is 3.78. The van der Waals surface area contributed by atoms with Crippen molar-refractivity contribution in [1.82, 2.24) is 15.6 Å². The van der Waals surface area contributed by atoms with E-state index in [1.54, 1.807) is 0 Å². The highest BCUT2D eigenvalue weighted by molar-refractivity contribution is 5.02. The quantitative estimate of drug-likeness (QED) is 0.842. The largest absolute Gasteiger partial charge is 0.372 e. The molecule has 5 nitrogen and oxygen atoms in total. The van der Waals surface area contributed by atoms with E-state index in [0.717, 1.165) is 30.8 Å². The van der Waals surface area contributed by atoms with Crippen LogP contribution < -0.4 is 5.32 Å². The molecule has 18 heavy (non-hydrogen) atoms. The van der Waals surface area contributed by atoms with Gasteiger partial charge in [-0.2, -0.15) is 0 Å². The first kappa shape index (κ1) is 13.5. The summed E-state index contributed by atoms with van der Waals surface area (Å²) in [6.07, 6.45) is 6.24. The van der Waals surface area contributed by atoms with Crippen molar-refractivity contribution in [2.75, 3.05) is 6.54 Å². The lowest BCUT2D eigenvalue weighted by Gasteiger charge is -2.29. The number of ether oxygens (including phenoxy) is 1. The van der Waals surface area contributed by atoms with Gasteiger partial charge in [-0.1, -0.05) is 17.2 Å². The number of hydrogen-bond acceptors (Lipinski definition) is 5. The minimum absolute atomic E-state index is 0.362. The molecule has 0 unspecified atom stereocenters. The highest BCUT2D eigenvalue weighted by Gasteiger charge is 2.21. The summed E-state index contributed by atoms with van der Waals surface area (Å²) in [5.41, 5.74) is 1.65. The van der Waals surface area contributed by atoms with Gasteiger partial charge in [-0.05, 0) is 45.6 Å². The summed E-state index contributed by atoms with van der Waals surface area (Å²) in [5.74, 6) is 0. The average Bonchev–Trinajstić information content (AvgIpc) is 2.81. The van der Waals surface area contributed by atoms with Crippen LogP contribution in [0.25, 0.3) is 0 Å². The second-order valence-corrected chi connectivity index (χ2v) is 5.04. The number of nitrogens with one attached hydrogen (secondary N) is 1. The fourth-order valence-corrected chi connectivity index (χ4v) is 2.36. The topological polar surface area (TPSA) is 60.2 Å². The van der Waals surface area contributed by atoms with E-state index in [1.165, 1.54) is 19.3 Å². The third-order valence-corrected chi connectivity index (χ3v) is 3.56. The Bertz CT molecular complexity index is 346. The highest BCUT2D eigenvalue weighted by atomic mass is 16.6. The minimum atomic E-state index is 0.362. The van der Waals surface area contributed by atoms with Crippen LogP contribution in [0.3, 0.4) is 0 Å². The van der Waals surface area contributed by atoms with Crippen molar-refractivity contribution in [2.24, 2.45) is 0 Å². The van der Waals surface area contributed by atoms with E-state index in [9.17, 15) is 0 Å². The van der Waals surface area contributed by atoms with Gasteiger partial charge in [0.15, 0.2) is 0 Å². The van der Waals surface area contributed by atoms with Crippen LogP contribution in [0, 0.1) is 6.92 Å². The van der Waals surface area contributed by atoms with E-state index in [1.807, 2.05) is 6.92 Å². The number of nitrogens with zero attached hydrogens (tertiary/aromatic N) is 2. The van der Waals surface area contributed by atoms with Crippen molar-refractivity contribution >= 4 is 0 Å². The molecule has 102 valence electrons. The third-order valence-electron chi connectivity index (χ3n) is 3.56. The first-order chi connectivity index (χ1) is 8.79. The lowest BCUT2D eigenvalue weighted by Crippen LogP contribution is -2.35. The van der Waals surface area contributed by atoms with E-state index in [-0.39, 0.29) is 0 Å². The number of hydrogen-bond donors (Lipinski definition) is 1.